The highest BCUT2D eigenvalue weighted by Gasteiger charge is 2.06. The number of thioether (sulfide) groups is 1. The van der Waals surface area contributed by atoms with Crippen molar-refractivity contribution in [1.82, 2.24) is 10.3 Å². The summed E-state index contributed by atoms with van der Waals surface area (Å²) in [6, 6.07) is 6.32. The van der Waals surface area contributed by atoms with Crippen molar-refractivity contribution in [2.24, 2.45) is 0 Å². The summed E-state index contributed by atoms with van der Waals surface area (Å²) in [6.07, 6.45) is 0.948. The molecule has 3 nitrogen and oxygen atoms in total. The Morgan fingerprint density at radius 1 is 1.38 bits per heavy atom. The van der Waals surface area contributed by atoms with Crippen LogP contribution in [-0.4, -0.2) is 23.2 Å². The van der Waals surface area contributed by atoms with Crippen LogP contribution in [0.5, 0.6) is 0 Å². The highest BCUT2D eigenvalue weighted by atomic mass is 32.2. The fraction of sp³-hybridized carbons (Fsp3) is 0.333. The molecule has 0 saturated heterocycles. The number of nitrogens with zero attached hydrogens (tertiary/aromatic N) is 1. The van der Waals surface area contributed by atoms with Gasteiger partial charge in [-0.25, -0.2) is 9.37 Å². The first kappa shape index (κ1) is 16.0. The Hall–Kier alpha value is -1.40. The van der Waals surface area contributed by atoms with Crippen LogP contribution >= 0.6 is 23.1 Å². The SMILES string of the molecule is CCCNC(=O)CSCc1csc(-c2ccc(F)cc2)n1. The molecule has 1 amide bonds. The van der Waals surface area contributed by atoms with E-state index in [9.17, 15) is 9.18 Å². The molecule has 1 heterocycles. The molecule has 0 unspecified atom stereocenters. The molecule has 0 aliphatic rings. The molecule has 0 saturated carbocycles. The van der Waals surface area contributed by atoms with E-state index in [1.54, 1.807) is 23.9 Å². The van der Waals surface area contributed by atoms with Gasteiger partial charge in [-0.15, -0.1) is 23.1 Å². The van der Waals surface area contributed by atoms with Crippen molar-refractivity contribution in [3.05, 3.63) is 41.2 Å². The number of benzene rings is 1. The first-order valence-electron chi connectivity index (χ1n) is 6.74. The minimum Gasteiger partial charge on any atom is -0.355 e. The molecule has 112 valence electrons. The highest BCUT2D eigenvalue weighted by molar-refractivity contribution is 7.99. The summed E-state index contributed by atoms with van der Waals surface area (Å²) in [6.45, 7) is 2.75. The smallest absolute Gasteiger partial charge is 0.230 e. The van der Waals surface area contributed by atoms with E-state index in [-0.39, 0.29) is 11.7 Å². The molecule has 0 spiro atoms. The lowest BCUT2D eigenvalue weighted by Gasteiger charge is -2.02. The fourth-order valence-electron chi connectivity index (χ4n) is 1.66. The normalized spacial score (nSPS) is 10.6. The van der Waals surface area contributed by atoms with E-state index in [0.29, 0.717) is 11.5 Å². The maximum absolute atomic E-state index is 12.9. The number of aromatic nitrogens is 1. The number of carbonyl (C=O) groups is 1. The summed E-state index contributed by atoms with van der Waals surface area (Å²) in [5.41, 5.74) is 1.87. The molecule has 21 heavy (non-hydrogen) atoms. The second-order valence-electron chi connectivity index (χ2n) is 4.49. The number of halogens is 1. The van der Waals surface area contributed by atoms with Crippen LogP contribution in [-0.2, 0) is 10.5 Å². The summed E-state index contributed by atoms with van der Waals surface area (Å²) in [5.74, 6) is 0.973. The number of carbonyl (C=O) groups excluding carboxylic acids is 1. The minimum atomic E-state index is -0.246. The van der Waals surface area contributed by atoms with Gasteiger partial charge in [0.1, 0.15) is 10.8 Å². The second-order valence-corrected chi connectivity index (χ2v) is 6.34. The van der Waals surface area contributed by atoms with Gasteiger partial charge in [0, 0.05) is 23.2 Å². The van der Waals surface area contributed by atoms with E-state index in [4.69, 9.17) is 0 Å². The Morgan fingerprint density at radius 3 is 2.86 bits per heavy atom. The summed E-state index contributed by atoms with van der Waals surface area (Å²) in [4.78, 5) is 16.0. The number of nitrogens with one attached hydrogen (secondary N) is 1. The van der Waals surface area contributed by atoms with Crippen LogP contribution in [0.3, 0.4) is 0 Å². The van der Waals surface area contributed by atoms with Crippen LogP contribution in [0.15, 0.2) is 29.6 Å². The van der Waals surface area contributed by atoms with E-state index < -0.39 is 0 Å². The van der Waals surface area contributed by atoms with E-state index in [1.165, 1.54) is 23.5 Å². The third kappa shape index (κ3) is 5.13. The monoisotopic (exact) mass is 324 g/mol. The first-order valence-corrected chi connectivity index (χ1v) is 8.77. The number of thiazole rings is 1. The minimum absolute atomic E-state index is 0.0656. The van der Waals surface area contributed by atoms with Gasteiger partial charge in [0.2, 0.25) is 5.91 Å². The topological polar surface area (TPSA) is 42.0 Å². The van der Waals surface area contributed by atoms with E-state index in [0.717, 1.165) is 29.2 Å². The lowest BCUT2D eigenvalue weighted by molar-refractivity contribution is -0.118. The van der Waals surface area contributed by atoms with Crippen molar-refractivity contribution in [2.45, 2.75) is 19.1 Å². The number of hydrogen-bond donors (Lipinski definition) is 1. The van der Waals surface area contributed by atoms with Gasteiger partial charge in [-0.2, -0.15) is 0 Å². The number of rotatable bonds is 7. The molecular formula is C15H17FN2OS2. The molecule has 0 radical (unpaired) electrons. The largest absolute Gasteiger partial charge is 0.355 e. The van der Waals surface area contributed by atoms with E-state index in [1.807, 2.05) is 12.3 Å². The molecular weight excluding hydrogens is 307 g/mol. The average molecular weight is 324 g/mol. The lowest BCUT2D eigenvalue weighted by Crippen LogP contribution is -2.25. The summed E-state index contributed by atoms with van der Waals surface area (Å²) in [5, 5.41) is 5.70. The van der Waals surface area contributed by atoms with Crippen LogP contribution in [0.1, 0.15) is 19.0 Å². The summed E-state index contributed by atoms with van der Waals surface area (Å²) < 4.78 is 12.9. The van der Waals surface area contributed by atoms with Crippen LogP contribution in [0.4, 0.5) is 4.39 Å². The van der Waals surface area contributed by atoms with Crippen molar-refractivity contribution < 1.29 is 9.18 Å². The second kappa shape index (κ2) is 8.14. The number of amides is 1. The van der Waals surface area contributed by atoms with Crippen LogP contribution in [0, 0.1) is 5.82 Å². The fourth-order valence-corrected chi connectivity index (χ4v) is 3.34. The molecule has 0 bridgehead atoms. The number of hydrogen-bond acceptors (Lipinski definition) is 4. The molecule has 1 N–H and O–H groups in total. The van der Waals surface area contributed by atoms with Gasteiger partial charge in [-0.3, -0.25) is 4.79 Å². The first-order chi connectivity index (χ1) is 10.2. The van der Waals surface area contributed by atoms with E-state index >= 15 is 0 Å². The quantitative estimate of drug-likeness (QED) is 0.844. The maximum atomic E-state index is 12.9. The third-order valence-electron chi connectivity index (χ3n) is 2.70. The zero-order chi connectivity index (χ0) is 15.1. The van der Waals surface area contributed by atoms with Gasteiger partial charge in [-0.05, 0) is 30.7 Å². The third-order valence-corrected chi connectivity index (χ3v) is 4.60. The summed E-state index contributed by atoms with van der Waals surface area (Å²) >= 11 is 3.08. The average Bonchev–Trinajstić information content (AvgIpc) is 2.95. The van der Waals surface area contributed by atoms with Crippen LogP contribution in [0.25, 0.3) is 10.6 Å². The van der Waals surface area contributed by atoms with Crippen LogP contribution < -0.4 is 5.32 Å². The van der Waals surface area contributed by atoms with Crippen molar-refractivity contribution in [1.29, 1.82) is 0 Å². The molecule has 6 heteroatoms. The maximum Gasteiger partial charge on any atom is 0.230 e. The summed E-state index contributed by atoms with van der Waals surface area (Å²) in [7, 11) is 0. The molecule has 1 aromatic carbocycles. The van der Waals surface area contributed by atoms with Gasteiger partial charge in [0.25, 0.3) is 0 Å². The molecule has 2 aromatic rings. The van der Waals surface area contributed by atoms with Gasteiger partial charge < -0.3 is 5.32 Å². The molecule has 0 aliphatic heterocycles. The Labute approximate surface area is 132 Å². The Bertz CT molecular complexity index is 584. The predicted molar refractivity (Wildman–Crippen MR) is 87.0 cm³/mol. The van der Waals surface area contributed by atoms with Crippen molar-refractivity contribution in [3.63, 3.8) is 0 Å². The van der Waals surface area contributed by atoms with Gasteiger partial charge >= 0.3 is 0 Å². The predicted octanol–water partition coefficient (Wildman–Crippen LogP) is 3.71. The Balaban J connectivity index is 1.83. The molecule has 0 atom stereocenters. The molecule has 1 aromatic heterocycles. The van der Waals surface area contributed by atoms with Gasteiger partial charge in [-0.1, -0.05) is 6.92 Å². The lowest BCUT2D eigenvalue weighted by atomic mass is 10.2. The molecule has 0 fully saturated rings. The Morgan fingerprint density at radius 2 is 2.14 bits per heavy atom. The molecule has 0 aliphatic carbocycles. The van der Waals surface area contributed by atoms with Crippen molar-refractivity contribution in [2.75, 3.05) is 12.3 Å². The van der Waals surface area contributed by atoms with Crippen molar-refractivity contribution >= 4 is 29.0 Å². The zero-order valence-electron chi connectivity index (χ0n) is 11.8. The standard InChI is InChI=1S/C15H17FN2OS2/c1-2-7-17-14(19)10-20-8-13-9-21-15(18-13)11-3-5-12(16)6-4-11/h3-6,9H,2,7-8,10H2,1H3,(H,17,19). The molecule has 2 rings (SSSR count). The van der Waals surface area contributed by atoms with Gasteiger partial charge in [0.05, 0.1) is 11.4 Å². The van der Waals surface area contributed by atoms with Crippen LogP contribution in [0.2, 0.25) is 0 Å². The zero-order valence-corrected chi connectivity index (χ0v) is 13.4. The van der Waals surface area contributed by atoms with E-state index in [2.05, 4.69) is 10.3 Å². The van der Waals surface area contributed by atoms with Gasteiger partial charge in [0.15, 0.2) is 0 Å². The highest BCUT2D eigenvalue weighted by Crippen LogP contribution is 2.25. The Kier molecular flexibility index (Phi) is 6.20. The van der Waals surface area contributed by atoms with Crippen molar-refractivity contribution in [3.8, 4) is 10.6 Å².